The molecule has 3 aromatic rings. The average molecular weight is 457 g/mol. The molecule has 3 rings (SSSR count). The molecule has 0 spiro atoms. The zero-order chi connectivity index (χ0) is 22.4. The van der Waals surface area contributed by atoms with E-state index in [4.69, 9.17) is 16.6 Å². The van der Waals surface area contributed by atoms with Crippen molar-refractivity contribution in [2.45, 2.75) is 19.9 Å². The van der Waals surface area contributed by atoms with E-state index in [2.05, 4.69) is 10.6 Å². The molecule has 1 heterocycles. The normalized spacial score (nSPS) is 10.6. The quantitative estimate of drug-likeness (QED) is 0.530. The number of rotatable bonds is 8. The summed E-state index contributed by atoms with van der Waals surface area (Å²) in [6, 6.07) is 15.6. The van der Waals surface area contributed by atoms with Gasteiger partial charge >= 0.3 is 0 Å². The number of thiazole rings is 1. The standard InChI is InChI=1S/C23H25ClN4O2S/c1-15-9-10-17(13-18(15)24)20-21(22(30)26-3)31-23(27-20)28(12-11-19(29)25-2)14-16-7-5-4-6-8-16/h4-10,13H,11-12,14H2,1-3H3,(H,25,29)(H,26,30). The summed E-state index contributed by atoms with van der Waals surface area (Å²) in [5, 5.41) is 6.65. The summed E-state index contributed by atoms with van der Waals surface area (Å²) in [7, 11) is 3.22. The van der Waals surface area contributed by atoms with Gasteiger partial charge in [-0.3, -0.25) is 9.59 Å². The van der Waals surface area contributed by atoms with Gasteiger partial charge in [0, 0.05) is 44.2 Å². The molecule has 0 aliphatic heterocycles. The maximum atomic E-state index is 12.6. The molecule has 2 aromatic carbocycles. The molecule has 0 saturated carbocycles. The minimum absolute atomic E-state index is 0.0494. The molecule has 2 amide bonds. The number of nitrogens with zero attached hydrogens (tertiary/aromatic N) is 2. The number of aryl methyl sites for hydroxylation is 1. The van der Waals surface area contributed by atoms with Crippen molar-refractivity contribution in [2.24, 2.45) is 0 Å². The van der Waals surface area contributed by atoms with Crippen molar-refractivity contribution in [1.82, 2.24) is 15.6 Å². The van der Waals surface area contributed by atoms with Gasteiger partial charge < -0.3 is 15.5 Å². The predicted molar refractivity (Wildman–Crippen MR) is 127 cm³/mol. The maximum absolute atomic E-state index is 12.6. The predicted octanol–water partition coefficient (Wildman–Crippen LogP) is 4.27. The molecule has 0 radical (unpaired) electrons. The molecule has 1 aromatic heterocycles. The lowest BCUT2D eigenvalue weighted by Gasteiger charge is -2.21. The monoisotopic (exact) mass is 456 g/mol. The smallest absolute Gasteiger partial charge is 0.263 e. The molecule has 162 valence electrons. The Morgan fingerprint density at radius 1 is 1.10 bits per heavy atom. The third kappa shape index (κ3) is 5.62. The minimum Gasteiger partial charge on any atom is -0.359 e. The van der Waals surface area contributed by atoms with Crippen molar-refractivity contribution < 1.29 is 9.59 Å². The Labute approximate surface area is 191 Å². The van der Waals surface area contributed by atoms with Crippen LogP contribution in [0.25, 0.3) is 11.3 Å². The van der Waals surface area contributed by atoms with Gasteiger partial charge in [-0.15, -0.1) is 0 Å². The van der Waals surface area contributed by atoms with E-state index in [1.54, 1.807) is 14.1 Å². The van der Waals surface area contributed by atoms with Gasteiger partial charge in [0.15, 0.2) is 5.13 Å². The van der Waals surface area contributed by atoms with E-state index >= 15 is 0 Å². The van der Waals surface area contributed by atoms with Gasteiger partial charge in [-0.05, 0) is 24.1 Å². The Bertz CT molecular complexity index is 1070. The Morgan fingerprint density at radius 3 is 2.48 bits per heavy atom. The zero-order valence-electron chi connectivity index (χ0n) is 17.7. The molecule has 0 aliphatic carbocycles. The highest BCUT2D eigenvalue weighted by Gasteiger charge is 2.22. The molecule has 8 heteroatoms. The molecule has 6 nitrogen and oxygen atoms in total. The van der Waals surface area contributed by atoms with E-state index in [-0.39, 0.29) is 11.8 Å². The first kappa shape index (κ1) is 22.8. The molecule has 0 saturated heterocycles. The van der Waals surface area contributed by atoms with Crippen LogP contribution in [-0.2, 0) is 11.3 Å². The van der Waals surface area contributed by atoms with Crippen LogP contribution in [0.1, 0.15) is 27.2 Å². The first-order valence-corrected chi connectivity index (χ1v) is 11.1. The Morgan fingerprint density at radius 2 is 1.84 bits per heavy atom. The van der Waals surface area contributed by atoms with E-state index in [1.807, 2.05) is 60.4 Å². The Hall–Kier alpha value is -2.90. The Kier molecular flexibility index (Phi) is 7.65. The summed E-state index contributed by atoms with van der Waals surface area (Å²) < 4.78 is 0. The molecule has 0 aliphatic rings. The van der Waals surface area contributed by atoms with Crippen molar-refractivity contribution in [2.75, 3.05) is 25.5 Å². The lowest BCUT2D eigenvalue weighted by Crippen LogP contribution is -2.29. The zero-order valence-corrected chi connectivity index (χ0v) is 19.3. The third-order valence-electron chi connectivity index (χ3n) is 4.87. The molecule has 0 unspecified atom stereocenters. The van der Waals surface area contributed by atoms with Crippen LogP contribution in [0.3, 0.4) is 0 Å². The van der Waals surface area contributed by atoms with Gasteiger partial charge in [-0.1, -0.05) is 65.4 Å². The maximum Gasteiger partial charge on any atom is 0.263 e. The summed E-state index contributed by atoms with van der Waals surface area (Å²) in [5.41, 5.74) is 3.41. The van der Waals surface area contributed by atoms with Gasteiger partial charge in [-0.2, -0.15) is 0 Å². The molecule has 31 heavy (non-hydrogen) atoms. The number of aromatic nitrogens is 1. The van der Waals surface area contributed by atoms with Gasteiger partial charge in [0.1, 0.15) is 4.88 Å². The van der Waals surface area contributed by atoms with Gasteiger partial charge in [-0.25, -0.2) is 4.98 Å². The highest BCUT2D eigenvalue weighted by atomic mass is 35.5. The lowest BCUT2D eigenvalue weighted by atomic mass is 10.1. The van der Waals surface area contributed by atoms with Gasteiger partial charge in [0.25, 0.3) is 5.91 Å². The highest BCUT2D eigenvalue weighted by molar-refractivity contribution is 7.18. The Balaban J connectivity index is 2.02. The second kappa shape index (κ2) is 10.4. The van der Waals surface area contributed by atoms with Crippen LogP contribution in [0.2, 0.25) is 5.02 Å². The molecule has 0 atom stereocenters. The van der Waals surface area contributed by atoms with Crippen molar-refractivity contribution in [1.29, 1.82) is 0 Å². The number of nitrogens with one attached hydrogen (secondary N) is 2. The van der Waals surface area contributed by atoms with Crippen molar-refractivity contribution >= 4 is 39.9 Å². The second-order valence-electron chi connectivity index (χ2n) is 7.05. The largest absolute Gasteiger partial charge is 0.359 e. The van der Waals surface area contributed by atoms with E-state index in [1.165, 1.54) is 11.3 Å². The van der Waals surface area contributed by atoms with Crippen molar-refractivity contribution in [3.8, 4) is 11.3 Å². The summed E-state index contributed by atoms with van der Waals surface area (Å²) in [6.45, 7) is 2.98. The number of anilines is 1. The lowest BCUT2D eigenvalue weighted by molar-refractivity contribution is -0.120. The topological polar surface area (TPSA) is 74.3 Å². The first-order chi connectivity index (χ1) is 14.9. The number of benzene rings is 2. The van der Waals surface area contributed by atoms with Crippen molar-refractivity contribution in [3.05, 3.63) is 69.6 Å². The van der Waals surface area contributed by atoms with Crippen LogP contribution < -0.4 is 15.5 Å². The van der Waals surface area contributed by atoms with Crippen molar-refractivity contribution in [3.63, 3.8) is 0 Å². The number of halogens is 1. The van der Waals surface area contributed by atoms with Crippen LogP contribution in [0, 0.1) is 6.92 Å². The SMILES string of the molecule is CNC(=O)CCN(Cc1ccccc1)c1nc(-c2ccc(C)c(Cl)c2)c(C(=O)NC)s1. The van der Waals surface area contributed by atoms with Gasteiger partial charge in [0.2, 0.25) is 5.91 Å². The number of carbonyl (C=O) groups excluding carboxylic acids is 2. The number of hydrogen-bond donors (Lipinski definition) is 2. The van der Waals surface area contributed by atoms with E-state index in [0.29, 0.717) is 40.2 Å². The molecular formula is C23H25ClN4O2S. The molecule has 0 fully saturated rings. The summed E-state index contributed by atoms with van der Waals surface area (Å²) in [4.78, 5) is 31.8. The van der Waals surface area contributed by atoms with Crippen LogP contribution in [-0.4, -0.2) is 37.4 Å². The molecule has 0 bridgehead atoms. The van der Waals surface area contributed by atoms with Crippen LogP contribution in [0.15, 0.2) is 48.5 Å². The molecule has 2 N–H and O–H groups in total. The highest BCUT2D eigenvalue weighted by Crippen LogP contribution is 2.35. The number of carbonyl (C=O) groups is 2. The fraction of sp³-hybridized carbons (Fsp3) is 0.261. The third-order valence-corrected chi connectivity index (χ3v) is 6.39. The van der Waals surface area contributed by atoms with Crippen LogP contribution in [0.5, 0.6) is 0 Å². The second-order valence-corrected chi connectivity index (χ2v) is 8.43. The number of amides is 2. The van der Waals surface area contributed by atoms with E-state index < -0.39 is 0 Å². The first-order valence-electron chi connectivity index (χ1n) is 9.91. The van der Waals surface area contributed by atoms with Crippen LogP contribution >= 0.6 is 22.9 Å². The summed E-state index contributed by atoms with van der Waals surface area (Å²) in [5.74, 6) is -0.256. The van der Waals surface area contributed by atoms with Crippen LogP contribution in [0.4, 0.5) is 5.13 Å². The summed E-state index contributed by atoms with van der Waals surface area (Å²) in [6.07, 6.45) is 0.323. The van der Waals surface area contributed by atoms with E-state index in [9.17, 15) is 9.59 Å². The minimum atomic E-state index is -0.207. The molecular weight excluding hydrogens is 432 g/mol. The average Bonchev–Trinajstić information content (AvgIpc) is 3.23. The fourth-order valence-electron chi connectivity index (χ4n) is 3.05. The number of hydrogen-bond acceptors (Lipinski definition) is 5. The summed E-state index contributed by atoms with van der Waals surface area (Å²) >= 11 is 7.64. The van der Waals surface area contributed by atoms with E-state index in [0.717, 1.165) is 16.7 Å². The fourth-order valence-corrected chi connectivity index (χ4v) is 4.29. The van der Waals surface area contributed by atoms with Gasteiger partial charge in [0.05, 0.1) is 5.69 Å².